The molecular formula is C15H23NO3S. The lowest BCUT2D eigenvalue weighted by Crippen LogP contribution is -2.50. The molecule has 1 N–H and O–H groups in total. The number of thioether (sulfide) groups is 1. The second-order valence-electron chi connectivity index (χ2n) is 7.09. The third-order valence-electron chi connectivity index (χ3n) is 5.15. The van der Waals surface area contributed by atoms with E-state index in [1.54, 1.807) is 16.7 Å². The number of hydrogen-bond acceptors (Lipinski definition) is 3. The summed E-state index contributed by atoms with van der Waals surface area (Å²) in [5, 5.41) is 9.53. The summed E-state index contributed by atoms with van der Waals surface area (Å²) >= 11 is 1.67. The average Bonchev–Trinajstić information content (AvgIpc) is 3.01. The molecule has 0 aromatic carbocycles. The molecule has 0 aromatic heterocycles. The van der Waals surface area contributed by atoms with Crippen molar-refractivity contribution in [3.8, 4) is 0 Å². The molecule has 3 fully saturated rings. The molecule has 3 aliphatic rings. The van der Waals surface area contributed by atoms with Crippen LogP contribution in [0.15, 0.2) is 0 Å². The lowest BCUT2D eigenvalue weighted by molar-refractivity contribution is -0.152. The van der Waals surface area contributed by atoms with E-state index >= 15 is 0 Å². The molecule has 4 nitrogen and oxygen atoms in total. The molecule has 0 spiro atoms. The highest BCUT2D eigenvalue weighted by molar-refractivity contribution is 8.00. The first-order valence-electron chi connectivity index (χ1n) is 7.58. The van der Waals surface area contributed by atoms with E-state index in [9.17, 15) is 14.7 Å². The van der Waals surface area contributed by atoms with Gasteiger partial charge >= 0.3 is 5.97 Å². The van der Waals surface area contributed by atoms with Crippen molar-refractivity contribution < 1.29 is 14.7 Å². The number of amides is 1. The van der Waals surface area contributed by atoms with Crippen LogP contribution in [0.1, 0.15) is 46.0 Å². The number of carbonyl (C=O) groups is 2. The fourth-order valence-electron chi connectivity index (χ4n) is 3.71. The van der Waals surface area contributed by atoms with Crippen molar-refractivity contribution in [2.24, 2.45) is 17.3 Å². The zero-order chi connectivity index (χ0) is 14.5. The highest BCUT2D eigenvalue weighted by atomic mass is 32.2. The van der Waals surface area contributed by atoms with E-state index in [0.717, 1.165) is 32.1 Å². The quantitative estimate of drug-likeness (QED) is 0.870. The summed E-state index contributed by atoms with van der Waals surface area (Å²) in [4.78, 5) is 26.2. The van der Waals surface area contributed by atoms with Gasteiger partial charge in [0.05, 0.1) is 5.37 Å². The minimum Gasteiger partial charge on any atom is -0.480 e. The Morgan fingerprint density at radius 3 is 2.45 bits per heavy atom. The van der Waals surface area contributed by atoms with Gasteiger partial charge in [-0.1, -0.05) is 20.3 Å². The van der Waals surface area contributed by atoms with Crippen molar-refractivity contribution in [1.29, 1.82) is 0 Å². The SMILES string of the molecule is CC1(C)CCCC1C(=O)N1C(C(=O)O)CSC1C1CC1. The maximum absolute atomic E-state index is 13.0. The lowest BCUT2D eigenvalue weighted by atomic mass is 9.81. The Morgan fingerprint density at radius 2 is 1.95 bits per heavy atom. The third kappa shape index (κ3) is 2.34. The summed E-state index contributed by atoms with van der Waals surface area (Å²) in [6, 6.07) is -0.616. The number of aliphatic carboxylic acids is 1. The van der Waals surface area contributed by atoms with E-state index in [1.165, 1.54) is 0 Å². The first kappa shape index (κ1) is 14.2. The molecule has 112 valence electrons. The number of carboxylic acid groups (broad SMARTS) is 1. The van der Waals surface area contributed by atoms with E-state index in [4.69, 9.17) is 0 Å². The summed E-state index contributed by atoms with van der Waals surface area (Å²) in [6.45, 7) is 4.29. The molecular weight excluding hydrogens is 274 g/mol. The van der Waals surface area contributed by atoms with Gasteiger partial charge in [0.15, 0.2) is 0 Å². The maximum Gasteiger partial charge on any atom is 0.327 e. The van der Waals surface area contributed by atoms with E-state index in [1.807, 2.05) is 0 Å². The largest absolute Gasteiger partial charge is 0.480 e. The predicted octanol–water partition coefficient (Wildman–Crippen LogP) is 2.58. The van der Waals surface area contributed by atoms with E-state index in [0.29, 0.717) is 11.7 Å². The molecule has 1 aliphatic heterocycles. The molecule has 0 radical (unpaired) electrons. The van der Waals surface area contributed by atoms with Crippen LogP contribution in [-0.4, -0.2) is 39.1 Å². The zero-order valence-corrected chi connectivity index (χ0v) is 13.0. The van der Waals surface area contributed by atoms with Gasteiger partial charge in [0.25, 0.3) is 0 Å². The van der Waals surface area contributed by atoms with Crippen molar-refractivity contribution in [2.75, 3.05) is 5.75 Å². The minimum atomic E-state index is -0.843. The van der Waals surface area contributed by atoms with Crippen molar-refractivity contribution in [2.45, 2.75) is 57.4 Å². The van der Waals surface area contributed by atoms with Crippen molar-refractivity contribution in [1.82, 2.24) is 4.90 Å². The first-order chi connectivity index (χ1) is 9.42. The second kappa shape index (κ2) is 4.93. The number of hydrogen-bond donors (Lipinski definition) is 1. The average molecular weight is 297 g/mol. The predicted molar refractivity (Wildman–Crippen MR) is 78.4 cm³/mol. The molecule has 5 heteroatoms. The van der Waals surface area contributed by atoms with Gasteiger partial charge in [-0.3, -0.25) is 4.79 Å². The van der Waals surface area contributed by atoms with Crippen molar-refractivity contribution in [3.05, 3.63) is 0 Å². The maximum atomic E-state index is 13.0. The molecule has 3 rings (SSSR count). The van der Waals surface area contributed by atoms with E-state index in [2.05, 4.69) is 13.8 Å². The Hall–Kier alpha value is -0.710. The van der Waals surface area contributed by atoms with Crippen LogP contribution in [0.5, 0.6) is 0 Å². The van der Waals surface area contributed by atoms with Gasteiger partial charge in [-0.05, 0) is 37.0 Å². The minimum absolute atomic E-state index is 0.00398. The normalized spacial score (nSPS) is 36.3. The molecule has 0 aromatic rings. The second-order valence-corrected chi connectivity index (χ2v) is 8.24. The standard InChI is InChI=1S/C15H23NO3S/c1-15(2)7-3-4-10(15)12(17)16-11(14(18)19)8-20-13(16)9-5-6-9/h9-11,13H,3-8H2,1-2H3,(H,18,19). The van der Waals surface area contributed by atoms with Crippen LogP contribution in [0, 0.1) is 17.3 Å². The summed E-state index contributed by atoms with van der Waals surface area (Å²) in [6.07, 6.45) is 5.34. The monoisotopic (exact) mass is 297 g/mol. The van der Waals surface area contributed by atoms with Gasteiger partial charge < -0.3 is 10.0 Å². The number of nitrogens with zero attached hydrogens (tertiary/aromatic N) is 1. The molecule has 3 unspecified atom stereocenters. The fourth-order valence-corrected chi connectivity index (χ4v) is 5.34. The van der Waals surface area contributed by atoms with Crippen LogP contribution in [0.4, 0.5) is 0 Å². The number of carbonyl (C=O) groups excluding carboxylic acids is 1. The van der Waals surface area contributed by atoms with Crippen LogP contribution in [0.25, 0.3) is 0 Å². The molecule has 1 heterocycles. The Morgan fingerprint density at radius 1 is 1.25 bits per heavy atom. The van der Waals surface area contributed by atoms with Gasteiger partial charge in [-0.2, -0.15) is 0 Å². The molecule has 2 saturated carbocycles. The third-order valence-corrected chi connectivity index (χ3v) is 6.62. The molecule has 2 aliphatic carbocycles. The zero-order valence-electron chi connectivity index (χ0n) is 12.2. The molecule has 1 saturated heterocycles. The Bertz CT molecular complexity index is 433. The highest BCUT2D eigenvalue weighted by Crippen LogP contribution is 2.49. The number of carboxylic acids is 1. The highest BCUT2D eigenvalue weighted by Gasteiger charge is 2.51. The van der Waals surface area contributed by atoms with Gasteiger partial charge in [0.1, 0.15) is 6.04 Å². The first-order valence-corrected chi connectivity index (χ1v) is 8.63. The van der Waals surface area contributed by atoms with Crippen LogP contribution < -0.4 is 0 Å². The van der Waals surface area contributed by atoms with Gasteiger partial charge in [-0.15, -0.1) is 11.8 Å². The molecule has 1 amide bonds. The lowest BCUT2D eigenvalue weighted by Gasteiger charge is -2.34. The van der Waals surface area contributed by atoms with Crippen LogP contribution in [-0.2, 0) is 9.59 Å². The van der Waals surface area contributed by atoms with E-state index in [-0.39, 0.29) is 22.6 Å². The summed E-state index contributed by atoms with van der Waals surface area (Å²) in [5.74, 6) is 0.337. The summed E-state index contributed by atoms with van der Waals surface area (Å²) in [5.41, 5.74) is 0.0154. The molecule has 20 heavy (non-hydrogen) atoms. The smallest absolute Gasteiger partial charge is 0.327 e. The molecule has 0 bridgehead atoms. The Kier molecular flexibility index (Phi) is 3.51. The summed E-state index contributed by atoms with van der Waals surface area (Å²) in [7, 11) is 0. The van der Waals surface area contributed by atoms with E-state index < -0.39 is 12.0 Å². The Balaban J connectivity index is 1.83. The Labute approximate surface area is 124 Å². The van der Waals surface area contributed by atoms with Crippen LogP contribution in [0.2, 0.25) is 0 Å². The molecule has 3 atom stereocenters. The van der Waals surface area contributed by atoms with Crippen LogP contribution in [0.3, 0.4) is 0 Å². The van der Waals surface area contributed by atoms with Gasteiger partial charge in [0, 0.05) is 11.7 Å². The summed E-state index contributed by atoms with van der Waals surface area (Å²) < 4.78 is 0. The number of rotatable bonds is 3. The van der Waals surface area contributed by atoms with Gasteiger partial charge in [0.2, 0.25) is 5.91 Å². The van der Waals surface area contributed by atoms with Gasteiger partial charge in [-0.25, -0.2) is 4.79 Å². The van der Waals surface area contributed by atoms with Crippen molar-refractivity contribution >= 4 is 23.6 Å². The topological polar surface area (TPSA) is 57.6 Å². The van der Waals surface area contributed by atoms with Crippen molar-refractivity contribution in [3.63, 3.8) is 0 Å². The van der Waals surface area contributed by atoms with Crippen LogP contribution >= 0.6 is 11.8 Å². The fraction of sp³-hybridized carbons (Fsp3) is 0.867.